The van der Waals surface area contributed by atoms with Crippen LogP contribution in [0.15, 0.2) is 24.3 Å². The van der Waals surface area contributed by atoms with E-state index in [9.17, 15) is 9.59 Å². The lowest BCUT2D eigenvalue weighted by molar-refractivity contribution is -0.159. The van der Waals surface area contributed by atoms with E-state index in [0.29, 0.717) is 24.4 Å². The van der Waals surface area contributed by atoms with Gasteiger partial charge in [-0.25, -0.2) is 9.59 Å². The number of hydrogen-bond acceptors (Lipinski definition) is 5. The maximum absolute atomic E-state index is 13.1. The highest BCUT2D eigenvalue weighted by molar-refractivity contribution is 6.31. The summed E-state index contributed by atoms with van der Waals surface area (Å²) < 4.78 is 0. The summed E-state index contributed by atoms with van der Waals surface area (Å²) in [7, 11) is 1.78. The molecule has 8 nitrogen and oxygen atoms in total. The summed E-state index contributed by atoms with van der Waals surface area (Å²) in [5, 5.41) is 15.3. The second-order valence-corrected chi connectivity index (χ2v) is 8.90. The molecule has 1 saturated carbocycles. The number of hydrogen-bond donors (Lipinski definition) is 2. The van der Waals surface area contributed by atoms with Crippen molar-refractivity contribution in [3.63, 3.8) is 0 Å². The fourth-order valence-electron chi connectivity index (χ4n) is 4.36. The minimum Gasteiger partial charge on any atom is -0.473 e. The lowest BCUT2D eigenvalue weighted by Crippen LogP contribution is -2.56. The summed E-state index contributed by atoms with van der Waals surface area (Å²) in [6, 6.07) is 7.47. The molecule has 1 unspecified atom stereocenters. The van der Waals surface area contributed by atoms with Gasteiger partial charge in [-0.3, -0.25) is 14.5 Å². The third-order valence-corrected chi connectivity index (χ3v) is 6.67. The van der Waals surface area contributed by atoms with Crippen LogP contribution >= 0.6 is 11.6 Å². The molecule has 0 bridgehead atoms. The van der Waals surface area contributed by atoms with Crippen molar-refractivity contribution in [3.05, 3.63) is 34.9 Å². The first kappa shape index (κ1) is 25.8. The molecule has 0 spiro atoms. The SMILES string of the molecule is CC1CCN(CC(=O)N(C)C2(c3ccccc3Cl)CCCCC2=O)CC1.O=C(O)C(=O)O. The van der Waals surface area contributed by atoms with Crippen molar-refractivity contribution < 1.29 is 29.4 Å². The molecule has 2 aliphatic rings. The molecule has 0 aromatic heterocycles. The number of carbonyl (C=O) groups excluding carboxylic acids is 2. The van der Waals surface area contributed by atoms with Gasteiger partial charge in [0.2, 0.25) is 5.91 Å². The Bertz CT molecular complexity index is 841. The molecule has 2 N–H and O–H groups in total. The number of aliphatic carboxylic acids is 2. The van der Waals surface area contributed by atoms with Crippen LogP contribution in [0.4, 0.5) is 0 Å². The van der Waals surface area contributed by atoms with Crippen LogP contribution in [-0.4, -0.2) is 70.3 Å². The summed E-state index contributed by atoms with van der Waals surface area (Å²) in [6.07, 6.45) is 5.23. The Morgan fingerprint density at radius 1 is 1.12 bits per heavy atom. The van der Waals surface area contributed by atoms with E-state index in [1.165, 1.54) is 0 Å². The van der Waals surface area contributed by atoms with E-state index >= 15 is 0 Å². The molecule has 1 aromatic carbocycles. The van der Waals surface area contributed by atoms with Gasteiger partial charge in [0.05, 0.1) is 6.54 Å². The highest BCUT2D eigenvalue weighted by Crippen LogP contribution is 2.42. The van der Waals surface area contributed by atoms with Crippen molar-refractivity contribution in [1.29, 1.82) is 0 Å². The highest BCUT2D eigenvalue weighted by atomic mass is 35.5. The number of likely N-dealkylation sites (tertiary alicyclic amines) is 1. The zero-order valence-electron chi connectivity index (χ0n) is 18.6. The Hall–Kier alpha value is -2.45. The Balaban J connectivity index is 0.000000534. The molecular weight excluding hydrogens is 436 g/mol. The molecule has 176 valence electrons. The number of likely N-dealkylation sites (N-methyl/N-ethyl adjacent to an activating group) is 1. The van der Waals surface area contributed by atoms with E-state index in [1.54, 1.807) is 11.9 Å². The number of ketones is 1. The predicted octanol–water partition coefficient (Wildman–Crippen LogP) is 3.02. The van der Waals surface area contributed by atoms with Crippen molar-refractivity contribution in [2.24, 2.45) is 5.92 Å². The van der Waals surface area contributed by atoms with E-state index in [4.69, 9.17) is 31.4 Å². The molecule has 1 atom stereocenters. The van der Waals surface area contributed by atoms with Gasteiger partial charge in [-0.2, -0.15) is 0 Å². The molecule has 1 aromatic rings. The van der Waals surface area contributed by atoms with Crippen molar-refractivity contribution in [2.45, 2.75) is 51.0 Å². The number of benzene rings is 1. The van der Waals surface area contributed by atoms with Gasteiger partial charge in [0, 0.05) is 24.1 Å². The fourth-order valence-corrected chi connectivity index (χ4v) is 4.65. The molecule has 1 heterocycles. The number of piperidine rings is 1. The summed E-state index contributed by atoms with van der Waals surface area (Å²) in [4.78, 5) is 48.3. The monoisotopic (exact) mass is 466 g/mol. The van der Waals surface area contributed by atoms with Crippen LogP contribution in [0, 0.1) is 5.92 Å². The van der Waals surface area contributed by atoms with Gasteiger partial charge in [-0.15, -0.1) is 0 Å². The molecule has 1 saturated heterocycles. The van der Waals surface area contributed by atoms with Gasteiger partial charge in [0.15, 0.2) is 5.78 Å². The Labute approximate surface area is 193 Å². The second-order valence-electron chi connectivity index (χ2n) is 8.49. The molecular formula is C23H31ClN2O6. The number of carbonyl (C=O) groups is 4. The third kappa shape index (κ3) is 6.07. The summed E-state index contributed by atoms with van der Waals surface area (Å²) in [5.74, 6) is -2.80. The number of rotatable bonds is 4. The average Bonchev–Trinajstić information content (AvgIpc) is 2.76. The molecule has 1 aliphatic carbocycles. The summed E-state index contributed by atoms with van der Waals surface area (Å²) in [5.41, 5.74) is -0.147. The van der Waals surface area contributed by atoms with E-state index in [1.807, 2.05) is 24.3 Å². The number of Topliss-reactive ketones (excluding diaryl/α,β-unsaturated/α-hetero) is 1. The molecule has 9 heteroatoms. The second kappa shape index (κ2) is 11.4. The first-order chi connectivity index (χ1) is 15.1. The van der Waals surface area contributed by atoms with Crippen LogP contribution in [0.3, 0.4) is 0 Å². The number of amides is 1. The lowest BCUT2D eigenvalue weighted by atomic mass is 9.74. The summed E-state index contributed by atoms with van der Waals surface area (Å²) in [6.45, 7) is 4.54. The molecule has 1 amide bonds. The Kier molecular flexibility index (Phi) is 9.21. The van der Waals surface area contributed by atoms with E-state index < -0.39 is 17.5 Å². The van der Waals surface area contributed by atoms with Crippen molar-refractivity contribution in [2.75, 3.05) is 26.7 Å². The van der Waals surface area contributed by atoms with E-state index in [0.717, 1.165) is 50.3 Å². The van der Waals surface area contributed by atoms with Crippen LogP contribution in [0.2, 0.25) is 5.02 Å². The van der Waals surface area contributed by atoms with Crippen LogP contribution in [0.1, 0.15) is 51.0 Å². The number of carboxylic acids is 2. The Morgan fingerprint density at radius 2 is 1.72 bits per heavy atom. The standard InChI is InChI=1S/C21H29ClN2O2.C2H2O4/c1-16-10-13-24(14-11-16)15-20(26)23(2)21(12-6-5-9-19(21)25)17-7-3-4-8-18(17)22;3-1(4)2(5)6/h3-4,7-8,16H,5-6,9-15H2,1-2H3;(H,3,4)(H,5,6). The summed E-state index contributed by atoms with van der Waals surface area (Å²) >= 11 is 6.47. The van der Waals surface area contributed by atoms with Gasteiger partial charge in [-0.1, -0.05) is 36.7 Å². The largest absolute Gasteiger partial charge is 0.473 e. The van der Waals surface area contributed by atoms with Crippen LogP contribution in [-0.2, 0) is 24.7 Å². The molecule has 0 radical (unpaired) electrons. The maximum atomic E-state index is 13.1. The number of nitrogens with zero attached hydrogens (tertiary/aromatic N) is 2. The number of carboxylic acid groups (broad SMARTS) is 2. The van der Waals surface area contributed by atoms with Gasteiger partial charge in [-0.05, 0) is 57.2 Å². The normalized spacial score (nSPS) is 21.9. The van der Waals surface area contributed by atoms with Gasteiger partial charge in [0.1, 0.15) is 5.54 Å². The molecule has 2 fully saturated rings. The Morgan fingerprint density at radius 3 is 2.25 bits per heavy atom. The van der Waals surface area contributed by atoms with Gasteiger partial charge < -0.3 is 15.1 Å². The third-order valence-electron chi connectivity index (χ3n) is 6.34. The minimum absolute atomic E-state index is 0.00900. The van der Waals surface area contributed by atoms with Crippen molar-refractivity contribution >= 4 is 35.2 Å². The van der Waals surface area contributed by atoms with Crippen LogP contribution in [0.25, 0.3) is 0 Å². The predicted molar refractivity (Wildman–Crippen MR) is 119 cm³/mol. The molecule has 3 rings (SSSR count). The first-order valence-electron chi connectivity index (χ1n) is 10.8. The zero-order valence-corrected chi connectivity index (χ0v) is 19.3. The minimum atomic E-state index is -1.82. The smallest absolute Gasteiger partial charge is 0.414 e. The van der Waals surface area contributed by atoms with Gasteiger partial charge in [0.25, 0.3) is 0 Å². The molecule has 1 aliphatic heterocycles. The quantitative estimate of drug-likeness (QED) is 0.655. The lowest BCUT2D eigenvalue weighted by Gasteiger charge is -2.44. The van der Waals surface area contributed by atoms with Crippen LogP contribution in [0.5, 0.6) is 0 Å². The zero-order chi connectivity index (χ0) is 23.9. The van der Waals surface area contributed by atoms with E-state index in [-0.39, 0.29) is 11.7 Å². The van der Waals surface area contributed by atoms with Gasteiger partial charge >= 0.3 is 11.9 Å². The van der Waals surface area contributed by atoms with Crippen molar-refractivity contribution in [1.82, 2.24) is 9.80 Å². The number of halogens is 1. The maximum Gasteiger partial charge on any atom is 0.414 e. The molecule has 32 heavy (non-hydrogen) atoms. The fraction of sp³-hybridized carbons (Fsp3) is 0.565. The van der Waals surface area contributed by atoms with E-state index in [2.05, 4.69) is 11.8 Å². The highest BCUT2D eigenvalue weighted by Gasteiger charge is 2.48. The van der Waals surface area contributed by atoms with Crippen LogP contribution < -0.4 is 0 Å². The van der Waals surface area contributed by atoms with Crippen molar-refractivity contribution in [3.8, 4) is 0 Å². The first-order valence-corrected chi connectivity index (χ1v) is 11.2. The average molecular weight is 467 g/mol. The topological polar surface area (TPSA) is 115 Å².